The molecule has 0 saturated heterocycles. The summed E-state index contributed by atoms with van der Waals surface area (Å²) in [6, 6.07) is 7.00. The minimum absolute atomic E-state index is 0.00122. The number of anilines is 1. The minimum Gasteiger partial charge on any atom is -0.370 e. The van der Waals surface area contributed by atoms with Gasteiger partial charge in [0.25, 0.3) is 5.69 Å². The van der Waals surface area contributed by atoms with Crippen LogP contribution in [0.2, 0.25) is 0 Å². The second kappa shape index (κ2) is 7.91. The van der Waals surface area contributed by atoms with Crippen molar-refractivity contribution in [1.82, 2.24) is 15.3 Å². The summed E-state index contributed by atoms with van der Waals surface area (Å²) in [4.78, 5) is 18.1. The predicted octanol–water partition coefficient (Wildman–Crippen LogP) is 1.98. The molecule has 0 aliphatic rings. The molecule has 0 unspecified atom stereocenters. The largest absolute Gasteiger partial charge is 0.370 e. The first-order chi connectivity index (χ1) is 10.3. The maximum Gasteiger partial charge on any atom is 0.287 e. The highest BCUT2D eigenvalue weighted by Gasteiger charge is 2.04. The second-order valence-electron chi connectivity index (χ2n) is 4.48. The van der Waals surface area contributed by atoms with Crippen molar-refractivity contribution in [2.45, 2.75) is 13.0 Å². The third-order valence-corrected chi connectivity index (χ3v) is 2.85. The summed E-state index contributed by atoms with van der Waals surface area (Å²) in [6.45, 7) is 2.42. The number of rotatable bonds is 8. The zero-order chi connectivity index (χ0) is 14.9. The van der Waals surface area contributed by atoms with Gasteiger partial charge in [0, 0.05) is 31.5 Å². The van der Waals surface area contributed by atoms with Gasteiger partial charge < -0.3 is 10.6 Å². The Labute approximate surface area is 122 Å². The quantitative estimate of drug-likeness (QED) is 0.438. The summed E-state index contributed by atoms with van der Waals surface area (Å²) in [5.41, 5.74) is 1.15. The highest BCUT2D eigenvalue weighted by atomic mass is 16.6. The van der Waals surface area contributed by atoms with Crippen LogP contribution < -0.4 is 10.6 Å². The zero-order valence-electron chi connectivity index (χ0n) is 11.5. The van der Waals surface area contributed by atoms with Crippen LogP contribution in [0.5, 0.6) is 0 Å². The van der Waals surface area contributed by atoms with Crippen molar-refractivity contribution in [2.24, 2.45) is 0 Å². The average Bonchev–Trinajstić information content (AvgIpc) is 2.52. The fourth-order valence-electron chi connectivity index (χ4n) is 1.76. The number of nitrogens with zero attached hydrogens (tertiary/aromatic N) is 3. The SMILES string of the molecule is O=[N+]([O-])c1ccc(NCCCNCc2cccnc2)nc1. The van der Waals surface area contributed by atoms with Crippen LogP contribution >= 0.6 is 0 Å². The molecule has 2 heterocycles. The predicted molar refractivity (Wildman–Crippen MR) is 79.9 cm³/mol. The number of nitrogens with one attached hydrogen (secondary N) is 2. The fraction of sp³-hybridized carbons (Fsp3) is 0.286. The molecular formula is C14H17N5O2. The minimum atomic E-state index is -0.459. The number of hydrogen-bond donors (Lipinski definition) is 2. The Bertz CT molecular complexity index is 559. The van der Waals surface area contributed by atoms with Gasteiger partial charge in [0.2, 0.25) is 0 Å². The molecule has 0 radical (unpaired) electrons. The standard InChI is InChI=1S/C14H17N5O2/c20-19(21)13-4-5-14(18-11-13)17-8-2-7-16-10-12-3-1-6-15-9-12/h1,3-6,9,11,16H,2,7-8,10H2,(H,17,18). The van der Waals surface area contributed by atoms with E-state index < -0.39 is 4.92 Å². The third kappa shape index (κ3) is 5.15. The molecule has 7 heteroatoms. The van der Waals surface area contributed by atoms with Gasteiger partial charge in [-0.25, -0.2) is 4.98 Å². The molecule has 2 aromatic rings. The Morgan fingerprint density at radius 3 is 2.76 bits per heavy atom. The Balaban J connectivity index is 1.60. The molecule has 21 heavy (non-hydrogen) atoms. The van der Waals surface area contributed by atoms with E-state index in [4.69, 9.17) is 0 Å². The van der Waals surface area contributed by atoms with Crippen LogP contribution in [0, 0.1) is 10.1 Å². The fourth-order valence-corrected chi connectivity index (χ4v) is 1.76. The van der Waals surface area contributed by atoms with Crippen LogP contribution in [0.15, 0.2) is 42.9 Å². The lowest BCUT2D eigenvalue weighted by molar-refractivity contribution is -0.385. The molecule has 0 amide bonds. The number of nitro groups is 1. The van der Waals surface area contributed by atoms with Gasteiger partial charge in [0.05, 0.1) is 4.92 Å². The summed E-state index contributed by atoms with van der Waals surface area (Å²) in [5, 5.41) is 16.9. The third-order valence-electron chi connectivity index (χ3n) is 2.85. The van der Waals surface area contributed by atoms with Crippen molar-refractivity contribution in [1.29, 1.82) is 0 Å². The number of pyridine rings is 2. The molecule has 0 saturated carbocycles. The van der Waals surface area contributed by atoms with E-state index in [1.165, 1.54) is 12.3 Å². The van der Waals surface area contributed by atoms with Gasteiger partial charge in [-0.2, -0.15) is 0 Å². The van der Waals surface area contributed by atoms with Crippen LogP contribution in [-0.4, -0.2) is 28.0 Å². The van der Waals surface area contributed by atoms with Gasteiger partial charge in [0.15, 0.2) is 0 Å². The first kappa shape index (κ1) is 14.9. The van der Waals surface area contributed by atoms with E-state index in [0.717, 1.165) is 31.6 Å². The molecule has 2 aromatic heterocycles. The van der Waals surface area contributed by atoms with Gasteiger partial charge in [-0.15, -0.1) is 0 Å². The van der Waals surface area contributed by atoms with Crippen LogP contribution in [0.4, 0.5) is 11.5 Å². The zero-order valence-corrected chi connectivity index (χ0v) is 11.5. The second-order valence-corrected chi connectivity index (χ2v) is 4.48. The normalized spacial score (nSPS) is 10.3. The van der Waals surface area contributed by atoms with Gasteiger partial charge in [-0.1, -0.05) is 6.07 Å². The first-order valence-corrected chi connectivity index (χ1v) is 6.69. The van der Waals surface area contributed by atoms with Crippen LogP contribution in [0.25, 0.3) is 0 Å². The Hall–Kier alpha value is -2.54. The molecule has 0 atom stereocenters. The molecule has 0 aliphatic heterocycles. The van der Waals surface area contributed by atoms with Crippen molar-refractivity contribution in [3.8, 4) is 0 Å². The van der Waals surface area contributed by atoms with E-state index in [1.54, 1.807) is 12.3 Å². The number of hydrogen-bond acceptors (Lipinski definition) is 6. The monoisotopic (exact) mass is 287 g/mol. The lowest BCUT2D eigenvalue weighted by Gasteiger charge is -2.06. The van der Waals surface area contributed by atoms with E-state index in [-0.39, 0.29) is 5.69 Å². The maximum atomic E-state index is 10.5. The maximum absolute atomic E-state index is 10.5. The van der Waals surface area contributed by atoms with Crippen LogP contribution in [-0.2, 0) is 6.54 Å². The van der Waals surface area contributed by atoms with Gasteiger partial charge in [-0.3, -0.25) is 15.1 Å². The van der Waals surface area contributed by atoms with Gasteiger partial charge in [0.1, 0.15) is 12.0 Å². The summed E-state index contributed by atoms with van der Waals surface area (Å²) in [5.74, 6) is 0.646. The lowest BCUT2D eigenvalue weighted by Crippen LogP contribution is -2.17. The first-order valence-electron chi connectivity index (χ1n) is 6.69. The molecule has 2 N–H and O–H groups in total. The van der Waals surface area contributed by atoms with Crippen LogP contribution in [0.3, 0.4) is 0 Å². The highest BCUT2D eigenvalue weighted by Crippen LogP contribution is 2.11. The summed E-state index contributed by atoms with van der Waals surface area (Å²) < 4.78 is 0. The molecule has 2 rings (SSSR count). The molecule has 0 aromatic carbocycles. The average molecular weight is 287 g/mol. The van der Waals surface area contributed by atoms with Crippen molar-refractivity contribution >= 4 is 11.5 Å². The van der Waals surface area contributed by atoms with E-state index in [9.17, 15) is 10.1 Å². The molecule has 0 spiro atoms. The Kier molecular flexibility index (Phi) is 5.60. The van der Waals surface area contributed by atoms with Crippen molar-refractivity contribution in [3.63, 3.8) is 0 Å². The van der Waals surface area contributed by atoms with Gasteiger partial charge >= 0.3 is 0 Å². The molecule has 0 bridgehead atoms. The topological polar surface area (TPSA) is 93.0 Å². The molecule has 7 nitrogen and oxygen atoms in total. The highest BCUT2D eigenvalue weighted by molar-refractivity contribution is 5.39. The Morgan fingerprint density at radius 2 is 2.10 bits per heavy atom. The molecule has 0 aliphatic carbocycles. The van der Waals surface area contributed by atoms with Crippen molar-refractivity contribution in [3.05, 3.63) is 58.5 Å². The molecule has 0 fully saturated rings. The molecular weight excluding hydrogens is 270 g/mol. The van der Waals surface area contributed by atoms with E-state index in [1.807, 2.05) is 18.3 Å². The van der Waals surface area contributed by atoms with E-state index >= 15 is 0 Å². The Morgan fingerprint density at radius 1 is 1.19 bits per heavy atom. The van der Waals surface area contributed by atoms with E-state index in [0.29, 0.717) is 5.82 Å². The lowest BCUT2D eigenvalue weighted by atomic mass is 10.3. The van der Waals surface area contributed by atoms with Crippen LogP contribution in [0.1, 0.15) is 12.0 Å². The summed E-state index contributed by atoms with van der Waals surface area (Å²) in [6.07, 6.45) is 5.78. The number of aromatic nitrogens is 2. The van der Waals surface area contributed by atoms with Crippen molar-refractivity contribution in [2.75, 3.05) is 18.4 Å². The summed E-state index contributed by atoms with van der Waals surface area (Å²) >= 11 is 0. The molecule has 110 valence electrons. The smallest absolute Gasteiger partial charge is 0.287 e. The van der Waals surface area contributed by atoms with Crippen molar-refractivity contribution < 1.29 is 4.92 Å². The van der Waals surface area contributed by atoms with Gasteiger partial charge in [-0.05, 0) is 30.7 Å². The van der Waals surface area contributed by atoms with E-state index in [2.05, 4.69) is 20.6 Å². The summed E-state index contributed by atoms with van der Waals surface area (Å²) in [7, 11) is 0.